The quantitative estimate of drug-likeness (QED) is 0.599. The number of Topliss-reactive ketones (excluding diaryl/α,β-unsaturated/α-hetero) is 1. The van der Waals surface area contributed by atoms with E-state index in [9.17, 15) is 9.90 Å². The molecule has 2 heterocycles. The highest BCUT2D eigenvalue weighted by atomic mass is 16.5. The van der Waals surface area contributed by atoms with Crippen LogP contribution in [0.3, 0.4) is 0 Å². The van der Waals surface area contributed by atoms with E-state index in [-0.39, 0.29) is 17.3 Å². The molecule has 1 N–H and O–H groups in total. The number of ketones is 1. The number of nitrogens with zero attached hydrogens (tertiary/aromatic N) is 2. The molecule has 0 unspecified atom stereocenters. The van der Waals surface area contributed by atoms with Gasteiger partial charge in [0.1, 0.15) is 11.5 Å². The summed E-state index contributed by atoms with van der Waals surface area (Å²) in [5.41, 5.74) is 2.79. The van der Waals surface area contributed by atoms with Crippen LogP contribution in [0.25, 0.3) is 6.08 Å². The highest BCUT2D eigenvalue weighted by Crippen LogP contribution is 2.42. The number of allylic oxidation sites excluding steroid dienone is 1. The monoisotopic (exact) mass is 394 g/mol. The number of carbonyl (C=O) groups excluding carboxylic acids is 1. The van der Waals surface area contributed by atoms with Gasteiger partial charge in [-0.3, -0.25) is 14.7 Å². The van der Waals surface area contributed by atoms with Crippen LogP contribution < -0.4 is 4.74 Å². The Morgan fingerprint density at radius 2 is 1.93 bits per heavy atom. The third kappa shape index (κ3) is 4.85. The minimum absolute atomic E-state index is 0.142. The topological polar surface area (TPSA) is 62.7 Å². The number of benzene rings is 1. The summed E-state index contributed by atoms with van der Waals surface area (Å²) in [5, 5.41) is 10.7. The van der Waals surface area contributed by atoms with E-state index < -0.39 is 0 Å². The van der Waals surface area contributed by atoms with Gasteiger partial charge in [0.05, 0.1) is 11.1 Å². The number of rotatable bonds is 9. The van der Waals surface area contributed by atoms with Gasteiger partial charge in [0.25, 0.3) is 0 Å². The molecule has 0 saturated heterocycles. The Bertz CT molecular complexity index is 883. The maximum atomic E-state index is 13.0. The lowest BCUT2D eigenvalue weighted by Crippen LogP contribution is -2.26. The van der Waals surface area contributed by atoms with E-state index in [1.54, 1.807) is 24.5 Å². The number of hydrogen-bond acceptors (Lipinski definition) is 5. The third-order valence-corrected chi connectivity index (χ3v) is 5.24. The van der Waals surface area contributed by atoms with Crippen molar-refractivity contribution in [3.63, 3.8) is 0 Å². The molecule has 1 aliphatic rings. The Morgan fingerprint density at radius 1 is 1.21 bits per heavy atom. The van der Waals surface area contributed by atoms with Crippen molar-refractivity contribution in [1.82, 2.24) is 9.88 Å². The lowest BCUT2D eigenvalue weighted by atomic mass is 9.99. The molecule has 1 aliphatic heterocycles. The molecule has 0 bridgehead atoms. The summed E-state index contributed by atoms with van der Waals surface area (Å²) < 4.78 is 6.02. The minimum atomic E-state index is -0.142. The molecule has 0 saturated carbocycles. The van der Waals surface area contributed by atoms with Gasteiger partial charge in [-0.25, -0.2) is 0 Å². The summed E-state index contributed by atoms with van der Waals surface area (Å²) in [4.78, 5) is 19.4. The zero-order valence-electron chi connectivity index (χ0n) is 17.6. The Hall–Kier alpha value is -2.66. The standard InChI is InChI=1S/C24H30N2O3/c1-4-6-11-26(12-7-5-2)16-19-20(27)13-17(3)22-23(28)21(29-24(19)22)14-18-9-8-10-25-15-18/h8-10,13-15,27H,4-7,11-12,16H2,1-3H3/b21-14+. The Morgan fingerprint density at radius 3 is 2.55 bits per heavy atom. The van der Waals surface area contributed by atoms with Gasteiger partial charge in [0.2, 0.25) is 5.78 Å². The van der Waals surface area contributed by atoms with E-state index >= 15 is 0 Å². The van der Waals surface area contributed by atoms with E-state index in [4.69, 9.17) is 4.74 Å². The average Bonchev–Trinajstić information content (AvgIpc) is 3.04. The highest BCUT2D eigenvalue weighted by molar-refractivity contribution is 6.15. The normalized spacial score (nSPS) is 14.5. The molecule has 0 amide bonds. The summed E-state index contributed by atoms with van der Waals surface area (Å²) >= 11 is 0. The number of ether oxygens (including phenoxy) is 1. The first-order valence-electron chi connectivity index (χ1n) is 10.5. The number of unbranched alkanes of at least 4 members (excludes halogenated alkanes) is 2. The van der Waals surface area contributed by atoms with Crippen LogP contribution in [0.5, 0.6) is 11.5 Å². The van der Waals surface area contributed by atoms with Gasteiger partial charge in [-0.15, -0.1) is 0 Å². The van der Waals surface area contributed by atoms with Crippen LogP contribution >= 0.6 is 0 Å². The minimum Gasteiger partial charge on any atom is -0.507 e. The van der Waals surface area contributed by atoms with E-state index in [1.807, 2.05) is 19.1 Å². The summed E-state index contributed by atoms with van der Waals surface area (Å²) in [6.07, 6.45) is 9.53. The number of hydrogen-bond donors (Lipinski definition) is 1. The molecule has 0 aliphatic carbocycles. The number of phenolic OH excluding ortho intramolecular Hbond substituents is 1. The van der Waals surface area contributed by atoms with Crippen LogP contribution in [-0.4, -0.2) is 33.9 Å². The highest BCUT2D eigenvalue weighted by Gasteiger charge is 2.33. The smallest absolute Gasteiger partial charge is 0.232 e. The van der Waals surface area contributed by atoms with Crippen molar-refractivity contribution >= 4 is 11.9 Å². The largest absolute Gasteiger partial charge is 0.507 e. The number of aromatic nitrogens is 1. The molecular weight excluding hydrogens is 364 g/mol. The first-order valence-corrected chi connectivity index (χ1v) is 10.5. The van der Waals surface area contributed by atoms with Crippen molar-refractivity contribution in [3.8, 4) is 11.5 Å². The van der Waals surface area contributed by atoms with Gasteiger partial charge in [-0.1, -0.05) is 32.8 Å². The number of carbonyl (C=O) groups is 1. The van der Waals surface area contributed by atoms with Gasteiger partial charge in [0, 0.05) is 18.9 Å². The predicted molar refractivity (Wildman–Crippen MR) is 115 cm³/mol. The average molecular weight is 395 g/mol. The van der Waals surface area contributed by atoms with E-state index in [0.29, 0.717) is 23.4 Å². The lowest BCUT2D eigenvalue weighted by Gasteiger charge is -2.23. The lowest BCUT2D eigenvalue weighted by molar-refractivity contribution is 0.101. The molecule has 5 heteroatoms. The van der Waals surface area contributed by atoms with E-state index in [2.05, 4.69) is 23.7 Å². The molecule has 2 aromatic rings. The van der Waals surface area contributed by atoms with Crippen LogP contribution in [0.4, 0.5) is 0 Å². The van der Waals surface area contributed by atoms with Gasteiger partial charge in [-0.2, -0.15) is 0 Å². The second kappa shape index (κ2) is 9.70. The first-order chi connectivity index (χ1) is 14.0. The number of phenols is 1. The number of aromatic hydroxyl groups is 1. The van der Waals surface area contributed by atoms with Gasteiger partial charge < -0.3 is 9.84 Å². The van der Waals surface area contributed by atoms with Crippen LogP contribution in [0, 0.1) is 6.92 Å². The fraction of sp³-hybridized carbons (Fsp3) is 0.417. The Kier molecular flexibility index (Phi) is 7.04. The van der Waals surface area contributed by atoms with Crippen molar-refractivity contribution in [1.29, 1.82) is 0 Å². The molecule has 0 atom stereocenters. The zero-order chi connectivity index (χ0) is 20.8. The SMILES string of the molecule is CCCCN(CCCC)Cc1c(O)cc(C)c2c1O/C(=C/c1cccnc1)C2=O. The van der Waals surface area contributed by atoms with Crippen LogP contribution in [0.15, 0.2) is 36.4 Å². The van der Waals surface area contributed by atoms with E-state index in [1.165, 1.54) is 0 Å². The molecule has 1 aromatic heterocycles. The van der Waals surface area contributed by atoms with Crippen LogP contribution in [0.1, 0.15) is 66.6 Å². The van der Waals surface area contributed by atoms with Crippen molar-refractivity contribution in [2.75, 3.05) is 13.1 Å². The molecule has 0 fully saturated rings. The predicted octanol–water partition coefficient (Wildman–Crippen LogP) is 5.11. The Labute approximate surface area is 173 Å². The third-order valence-electron chi connectivity index (χ3n) is 5.24. The van der Waals surface area contributed by atoms with Crippen molar-refractivity contribution in [2.24, 2.45) is 0 Å². The molecule has 0 radical (unpaired) electrons. The van der Waals surface area contributed by atoms with Crippen molar-refractivity contribution < 1.29 is 14.6 Å². The Balaban J connectivity index is 1.94. The summed E-state index contributed by atoms with van der Waals surface area (Å²) in [6, 6.07) is 5.38. The first kappa shape index (κ1) is 21.1. The van der Waals surface area contributed by atoms with Gasteiger partial charge >= 0.3 is 0 Å². The molecule has 29 heavy (non-hydrogen) atoms. The summed E-state index contributed by atoms with van der Waals surface area (Å²) in [6.45, 7) is 8.69. The second-order valence-corrected chi connectivity index (χ2v) is 7.60. The molecule has 3 rings (SSSR count). The molecular formula is C24H30N2O3. The number of aryl methyl sites for hydroxylation is 1. The molecule has 0 spiro atoms. The maximum absolute atomic E-state index is 13.0. The van der Waals surface area contributed by atoms with Crippen LogP contribution in [0.2, 0.25) is 0 Å². The fourth-order valence-corrected chi connectivity index (χ4v) is 3.60. The zero-order valence-corrected chi connectivity index (χ0v) is 17.6. The number of fused-ring (bicyclic) bond motifs is 1. The molecule has 1 aromatic carbocycles. The van der Waals surface area contributed by atoms with Crippen LogP contribution in [-0.2, 0) is 6.54 Å². The number of pyridine rings is 1. The van der Waals surface area contributed by atoms with Gasteiger partial charge in [-0.05, 0) is 62.2 Å². The van der Waals surface area contributed by atoms with E-state index in [0.717, 1.165) is 49.9 Å². The van der Waals surface area contributed by atoms with Gasteiger partial charge in [0.15, 0.2) is 5.76 Å². The van der Waals surface area contributed by atoms with Crippen molar-refractivity contribution in [2.45, 2.75) is 53.0 Å². The molecule has 154 valence electrons. The second-order valence-electron chi connectivity index (χ2n) is 7.60. The molecule has 5 nitrogen and oxygen atoms in total. The summed E-state index contributed by atoms with van der Waals surface area (Å²) in [5.74, 6) is 0.822. The summed E-state index contributed by atoms with van der Waals surface area (Å²) in [7, 11) is 0. The maximum Gasteiger partial charge on any atom is 0.232 e. The van der Waals surface area contributed by atoms with Crippen molar-refractivity contribution in [3.05, 3.63) is 58.6 Å². The fourth-order valence-electron chi connectivity index (χ4n) is 3.60.